The molecule has 0 unspecified atom stereocenters. The predicted molar refractivity (Wildman–Crippen MR) is 113 cm³/mol. The van der Waals surface area contributed by atoms with Gasteiger partial charge in [-0.25, -0.2) is 9.78 Å². The quantitative estimate of drug-likeness (QED) is 0.444. The number of thioether (sulfide) groups is 1. The van der Waals surface area contributed by atoms with Gasteiger partial charge in [-0.15, -0.1) is 0 Å². The first-order chi connectivity index (χ1) is 14.5. The van der Waals surface area contributed by atoms with Crippen molar-refractivity contribution in [3.05, 3.63) is 47.1 Å². The van der Waals surface area contributed by atoms with Crippen LogP contribution in [0.25, 0.3) is 17.1 Å². The lowest BCUT2D eigenvalue weighted by Crippen LogP contribution is -2.42. The molecule has 2 amide bonds. The number of imide groups is 1. The Balaban J connectivity index is 1.49. The predicted octanol–water partition coefficient (Wildman–Crippen LogP) is 4.30. The Morgan fingerprint density at radius 3 is 2.90 bits per heavy atom. The Kier molecular flexibility index (Phi) is 5.69. The van der Waals surface area contributed by atoms with Gasteiger partial charge in [0.25, 0.3) is 11.1 Å². The van der Waals surface area contributed by atoms with Gasteiger partial charge in [-0.1, -0.05) is 12.1 Å². The molecule has 1 aliphatic heterocycles. The molecule has 3 aromatic rings. The summed E-state index contributed by atoms with van der Waals surface area (Å²) in [6.45, 7) is 3.30. The van der Waals surface area contributed by atoms with Crippen LogP contribution in [0.3, 0.4) is 0 Å². The fourth-order valence-corrected chi connectivity index (χ4v) is 4.51. The number of fused-ring (bicyclic) bond motifs is 1. The molecule has 1 atom stereocenters. The number of ether oxygens (including phenoxy) is 1. The maximum atomic E-state index is 12.6. The molecule has 1 saturated heterocycles. The van der Waals surface area contributed by atoms with Crippen molar-refractivity contribution in [1.29, 1.82) is 0 Å². The molecule has 0 bridgehead atoms. The number of esters is 1. The highest BCUT2D eigenvalue weighted by molar-refractivity contribution is 8.18. The fraction of sp³-hybridized carbons (Fsp3) is 0.200. The van der Waals surface area contributed by atoms with Crippen LogP contribution in [0.4, 0.5) is 4.79 Å². The number of benzene rings is 1. The van der Waals surface area contributed by atoms with Crippen molar-refractivity contribution in [2.24, 2.45) is 0 Å². The number of furan rings is 1. The molecule has 1 fully saturated rings. The zero-order valence-corrected chi connectivity index (χ0v) is 17.7. The zero-order valence-electron chi connectivity index (χ0n) is 16.1. The smallest absolute Gasteiger partial charge is 0.329 e. The summed E-state index contributed by atoms with van der Waals surface area (Å²) in [5.74, 6) is -0.750. The molecule has 1 aromatic carbocycles. The third-order valence-electron chi connectivity index (χ3n) is 4.28. The number of amides is 2. The van der Waals surface area contributed by atoms with E-state index in [1.807, 2.05) is 24.3 Å². The third-order valence-corrected chi connectivity index (χ3v) is 5.97. The molecule has 154 valence electrons. The number of carbonyl (C=O) groups is 3. The summed E-state index contributed by atoms with van der Waals surface area (Å²) in [4.78, 5) is 45.5. The van der Waals surface area contributed by atoms with E-state index in [9.17, 15) is 14.4 Å². The van der Waals surface area contributed by atoms with Crippen LogP contribution in [0.1, 0.15) is 19.6 Å². The minimum atomic E-state index is -0.987. The van der Waals surface area contributed by atoms with Crippen LogP contribution in [-0.2, 0) is 14.3 Å². The number of para-hydroxylation sites is 2. The number of nitrogens with one attached hydrogen (secondary N) is 1. The molecule has 8 nitrogen and oxygen atoms in total. The first-order valence-electron chi connectivity index (χ1n) is 9.12. The van der Waals surface area contributed by atoms with E-state index in [-0.39, 0.29) is 11.5 Å². The fourth-order valence-electron chi connectivity index (χ4n) is 2.85. The van der Waals surface area contributed by atoms with Crippen molar-refractivity contribution in [2.45, 2.75) is 30.1 Å². The van der Waals surface area contributed by atoms with Gasteiger partial charge in [-0.3, -0.25) is 14.5 Å². The molecule has 10 heteroatoms. The van der Waals surface area contributed by atoms with Gasteiger partial charge in [0.1, 0.15) is 11.8 Å². The molecule has 0 spiro atoms. The van der Waals surface area contributed by atoms with E-state index in [4.69, 9.17) is 9.15 Å². The van der Waals surface area contributed by atoms with E-state index in [1.165, 1.54) is 24.8 Å². The van der Waals surface area contributed by atoms with Gasteiger partial charge >= 0.3 is 5.97 Å². The molecule has 0 saturated carbocycles. The molecule has 3 heterocycles. The molecule has 0 radical (unpaired) electrons. The van der Waals surface area contributed by atoms with Crippen LogP contribution >= 0.6 is 23.5 Å². The number of nitrogens with zero attached hydrogens (tertiary/aromatic N) is 2. The number of H-pyrrole nitrogens is 1. The van der Waals surface area contributed by atoms with E-state index in [0.717, 1.165) is 27.7 Å². The lowest BCUT2D eigenvalue weighted by molar-refractivity contribution is -0.150. The first-order valence-corrected chi connectivity index (χ1v) is 10.8. The molecular formula is C20H17N3O5S2. The van der Waals surface area contributed by atoms with Gasteiger partial charge in [0.15, 0.2) is 10.2 Å². The summed E-state index contributed by atoms with van der Waals surface area (Å²) in [5.41, 5.74) is 1.78. The lowest BCUT2D eigenvalue weighted by Gasteiger charge is -2.19. The summed E-state index contributed by atoms with van der Waals surface area (Å²) >= 11 is 2.08. The number of aromatic nitrogens is 2. The lowest BCUT2D eigenvalue weighted by atomic mass is 10.3. The Hall–Kier alpha value is -2.98. The molecular weight excluding hydrogens is 426 g/mol. The Labute approximate surface area is 180 Å². The number of imidazole rings is 1. The van der Waals surface area contributed by atoms with Crippen molar-refractivity contribution >= 4 is 57.7 Å². The first kappa shape index (κ1) is 20.3. The summed E-state index contributed by atoms with van der Waals surface area (Å²) in [7, 11) is 0. The number of hydrogen-bond acceptors (Lipinski definition) is 8. The Morgan fingerprint density at radius 2 is 2.13 bits per heavy atom. The van der Waals surface area contributed by atoms with Gasteiger partial charge in [-0.2, -0.15) is 0 Å². The van der Waals surface area contributed by atoms with Gasteiger partial charge in [0.05, 0.1) is 22.5 Å². The van der Waals surface area contributed by atoms with Crippen LogP contribution < -0.4 is 0 Å². The Morgan fingerprint density at radius 1 is 1.33 bits per heavy atom. The topological polar surface area (TPSA) is 106 Å². The number of aromatic amines is 1. The van der Waals surface area contributed by atoms with Crippen molar-refractivity contribution in [3.8, 4) is 0 Å². The standard InChI is InChI=1S/C20H17N3O5S2/c1-3-27-18(25)11(2)23-17(24)15(29-20(23)26)10-12-8-9-16(28-12)30-19-21-13-6-4-5-7-14(13)22-19/h4-11H,3H2,1-2H3,(H,21,22)/b15-10-/t11-/m1/s1. The average molecular weight is 444 g/mol. The van der Waals surface area contributed by atoms with E-state index in [1.54, 1.807) is 19.1 Å². The van der Waals surface area contributed by atoms with Gasteiger partial charge in [-0.05, 0) is 61.6 Å². The van der Waals surface area contributed by atoms with E-state index in [2.05, 4.69) is 9.97 Å². The summed E-state index contributed by atoms with van der Waals surface area (Å²) in [5, 5.41) is 0.746. The maximum absolute atomic E-state index is 12.6. The second-order valence-electron chi connectivity index (χ2n) is 6.30. The molecule has 0 aliphatic carbocycles. The normalized spacial score (nSPS) is 16.6. The molecule has 1 N–H and O–H groups in total. The second-order valence-corrected chi connectivity index (χ2v) is 8.28. The van der Waals surface area contributed by atoms with Crippen LogP contribution in [0, 0.1) is 0 Å². The molecule has 1 aliphatic rings. The van der Waals surface area contributed by atoms with Gasteiger partial charge in [0.2, 0.25) is 0 Å². The van der Waals surface area contributed by atoms with E-state index >= 15 is 0 Å². The maximum Gasteiger partial charge on any atom is 0.329 e. The molecule has 30 heavy (non-hydrogen) atoms. The minimum absolute atomic E-state index is 0.174. The van der Waals surface area contributed by atoms with Crippen LogP contribution in [0.5, 0.6) is 0 Å². The van der Waals surface area contributed by atoms with E-state index in [0.29, 0.717) is 16.0 Å². The van der Waals surface area contributed by atoms with Crippen molar-refractivity contribution in [2.75, 3.05) is 6.61 Å². The van der Waals surface area contributed by atoms with Gasteiger partial charge in [0, 0.05) is 6.08 Å². The second kappa shape index (κ2) is 8.41. The Bertz CT molecular complexity index is 1130. The van der Waals surface area contributed by atoms with Crippen LogP contribution in [-0.4, -0.2) is 44.6 Å². The molecule has 2 aromatic heterocycles. The van der Waals surface area contributed by atoms with Gasteiger partial charge < -0.3 is 14.1 Å². The number of rotatable bonds is 6. The third kappa shape index (κ3) is 4.01. The highest BCUT2D eigenvalue weighted by Crippen LogP contribution is 2.35. The monoisotopic (exact) mass is 443 g/mol. The van der Waals surface area contributed by atoms with Crippen molar-refractivity contribution in [1.82, 2.24) is 14.9 Å². The SMILES string of the molecule is CCOC(=O)[C@@H](C)N1C(=O)S/C(=C\c2ccc(Sc3nc4ccccc4[nH]3)o2)C1=O. The number of carbonyl (C=O) groups excluding carboxylic acids is 3. The van der Waals surface area contributed by atoms with Crippen LogP contribution in [0.2, 0.25) is 0 Å². The van der Waals surface area contributed by atoms with Crippen molar-refractivity contribution < 1.29 is 23.5 Å². The largest absolute Gasteiger partial charge is 0.464 e. The highest BCUT2D eigenvalue weighted by Gasteiger charge is 2.41. The summed E-state index contributed by atoms with van der Waals surface area (Å²) in [6.07, 6.45) is 1.49. The average Bonchev–Trinajstić information content (AvgIpc) is 3.40. The number of hydrogen-bond donors (Lipinski definition) is 1. The van der Waals surface area contributed by atoms with E-state index < -0.39 is 23.2 Å². The summed E-state index contributed by atoms with van der Waals surface area (Å²) < 4.78 is 10.7. The molecule has 4 rings (SSSR count). The summed E-state index contributed by atoms with van der Waals surface area (Å²) in [6, 6.07) is 10.2. The zero-order chi connectivity index (χ0) is 21.3. The van der Waals surface area contributed by atoms with Crippen molar-refractivity contribution in [3.63, 3.8) is 0 Å². The highest BCUT2D eigenvalue weighted by atomic mass is 32.2. The minimum Gasteiger partial charge on any atom is -0.464 e. The van der Waals surface area contributed by atoms with Crippen LogP contribution in [0.15, 0.2) is 56.0 Å².